The largest absolute Gasteiger partial charge is 0.378 e. The van der Waals surface area contributed by atoms with E-state index in [1.54, 1.807) is 4.68 Å². The number of carbonyl (C=O) groups excluding carboxylic acids is 1. The average molecular weight is 271 g/mol. The van der Waals surface area contributed by atoms with Crippen molar-refractivity contribution in [3.05, 3.63) is 16.4 Å². The first-order valence-corrected chi connectivity index (χ1v) is 6.83. The molecule has 1 atom stereocenters. The lowest BCUT2D eigenvalue weighted by atomic mass is 10.1. The standard InChI is InChI=1S/C13H19ClN2O2/c1-3-11-13(14)12(16(2)15-11)8-9(17)7-10-5-4-6-18-10/h10H,3-8H2,1-2H3. The average Bonchev–Trinajstić information content (AvgIpc) is 2.92. The Labute approximate surface area is 112 Å². The van der Waals surface area contributed by atoms with E-state index in [-0.39, 0.29) is 11.9 Å². The number of rotatable bonds is 5. The van der Waals surface area contributed by atoms with Crippen molar-refractivity contribution >= 4 is 17.4 Å². The fourth-order valence-electron chi connectivity index (χ4n) is 2.33. The molecule has 1 aliphatic heterocycles. The molecule has 0 saturated carbocycles. The van der Waals surface area contributed by atoms with Crippen molar-refractivity contribution in [2.75, 3.05) is 6.61 Å². The molecule has 100 valence electrons. The molecule has 1 aliphatic rings. The molecule has 2 heterocycles. The summed E-state index contributed by atoms with van der Waals surface area (Å²) in [5, 5.41) is 4.95. The third kappa shape index (κ3) is 2.93. The van der Waals surface area contributed by atoms with E-state index in [0.29, 0.717) is 17.9 Å². The fraction of sp³-hybridized carbons (Fsp3) is 0.692. The van der Waals surface area contributed by atoms with Gasteiger partial charge in [0, 0.05) is 26.5 Å². The molecule has 0 bridgehead atoms. The maximum absolute atomic E-state index is 12.0. The van der Waals surface area contributed by atoms with Crippen LogP contribution in [0.3, 0.4) is 0 Å². The van der Waals surface area contributed by atoms with Crippen molar-refractivity contribution in [1.29, 1.82) is 0 Å². The van der Waals surface area contributed by atoms with Gasteiger partial charge in [0.1, 0.15) is 5.78 Å². The minimum absolute atomic E-state index is 0.107. The molecule has 18 heavy (non-hydrogen) atoms. The Hall–Kier alpha value is -0.870. The maximum Gasteiger partial charge on any atom is 0.141 e. The number of halogens is 1. The molecule has 0 amide bonds. The first kappa shape index (κ1) is 13.6. The number of aryl methyl sites for hydroxylation is 2. The molecule has 1 saturated heterocycles. The highest BCUT2D eigenvalue weighted by Gasteiger charge is 2.21. The lowest BCUT2D eigenvalue weighted by Crippen LogP contribution is -2.15. The molecule has 1 fully saturated rings. The number of Topliss-reactive ketones (excluding diaryl/α,β-unsaturated/α-hetero) is 1. The molecule has 0 spiro atoms. The summed E-state index contributed by atoms with van der Waals surface area (Å²) in [6.45, 7) is 2.79. The summed E-state index contributed by atoms with van der Waals surface area (Å²) in [5.74, 6) is 0.175. The van der Waals surface area contributed by atoms with Crippen LogP contribution < -0.4 is 0 Å². The first-order valence-electron chi connectivity index (χ1n) is 6.45. The molecule has 1 aromatic heterocycles. The highest BCUT2D eigenvalue weighted by Crippen LogP contribution is 2.23. The van der Waals surface area contributed by atoms with E-state index in [9.17, 15) is 4.79 Å². The Morgan fingerprint density at radius 1 is 1.61 bits per heavy atom. The maximum atomic E-state index is 12.0. The van der Waals surface area contributed by atoms with Gasteiger partial charge in [-0.1, -0.05) is 18.5 Å². The van der Waals surface area contributed by atoms with Crippen LogP contribution in [0.15, 0.2) is 0 Å². The highest BCUT2D eigenvalue weighted by atomic mass is 35.5. The molecular formula is C13H19ClN2O2. The number of hydrogen-bond acceptors (Lipinski definition) is 3. The van der Waals surface area contributed by atoms with Crippen molar-refractivity contribution in [3.8, 4) is 0 Å². The van der Waals surface area contributed by atoms with E-state index in [1.165, 1.54) is 0 Å². The van der Waals surface area contributed by atoms with Crippen LogP contribution in [0, 0.1) is 0 Å². The van der Waals surface area contributed by atoms with E-state index in [1.807, 2.05) is 14.0 Å². The first-order chi connectivity index (χ1) is 8.61. The second kappa shape index (κ2) is 5.85. The number of nitrogens with zero attached hydrogens (tertiary/aromatic N) is 2. The minimum Gasteiger partial charge on any atom is -0.378 e. The Morgan fingerprint density at radius 3 is 2.94 bits per heavy atom. The van der Waals surface area contributed by atoms with E-state index in [2.05, 4.69) is 5.10 Å². The van der Waals surface area contributed by atoms with Crippen molar-refractivity contribution < 1.29 is 9.53 Å². The summed E-state index contributed by atoms with van der Waals surface area (Å²) < 4.78 is 7.19. The van der Waals surface area contributed by atoms with Gasteiger partial charge in [0.15, 0.2) is 0 Å². The van der Waals surface area contributed by atoms with Gasteiger partial charge in [-0.2, -0.15) is 5.10 Å². The predicted octanol–water partition coefficient (Wildman–Crippen LogP) is 2.32. The lowest BCUT2D eigenvalue weighted by Gasteiger charge is -2.08. The lowest BCUT2D eigenvalue weighted by molar-refractivity contribution is -0.120. The van der Waals surface area contributed by atoms with Gasteiger partial charge < -0.3 is 4.74 Å². The van der Waals surface area contributed by atoms with Crippen molar-refractivity contribution in [2.24, 2.45) is 7.05 Å². The van der Waals surface area contributed by atoms with Gasteiger partial charge in [0.2, 0.25) is 0 Å². The SMILES string of the molecule is CCc1nn(C)c(CC(=O)CC2CCCO2)c1Cl. The quantitative estimate of drug-likeness (QED) is 0.825. The van der Waals surface area contributed by atoms with Gasteiger partial charge in [-0.25, -0.2) is 0 Å². The van der Waals surface area contributed by atoms with Crippen LogP contribution in [-0.2, 0) is 29.4 Å². The van der Waals surface area contributed by atoms with Gasteiger partial charge in [-0.05, 0) is 19.3 Å². The van der Waals surface area contributed by atoms with E-state index in [4.69, 9.17) is 16.3 Å². The van der Waals surface area contributed by atoms with Crippen molar-refractivity contribution in [1.82, 2.24) is 9.78 Å². The van der Waals surface area contributed by atoms with Crippen LogP contribution in [-0.4, -0.2) is 28.3 Å². The zero-order chi connectivity index (χ0) is 13.1. The Bertz CT molecular complexity index is 436. The van der Waals surface area contributed by atoms with Crippen molar-refractivity contribution in [3.63, 3.8) is 0 Å². The van der Waals surface area contributed by atoms with Crippen molar-refractivity contribution in [2.45, 2.75) is 45.1 Å². The zero-order valence-corrected chi connectivity index (χ0v) is 11.7. The predicted molar refractivity (Wildman–Crippen MR) is 69.9 cm³/mol. The van der Waals surface area contributed by atoms with Gasteiger partial charge >= 0.3 is 0 Å². The molecular weight excluding hydrogens is 252 g/mol. The second-order valence-corrected chi connectivity index (χ2v) is 5.12. The summed E-state index contributed by atoms with van der Waals surface area (Å²) >= 11 is 6.22. The second-order valence-electron chi connectivity index (χ2n) is 4.74. The van der Waals surface area contributed by atoms with Crippen LogP contribution in [0.4, 0.5) is 0 Å². The fourth-order valence-corrected chi connectivity index (χ4v) is 2.69. The summed E-state index contributed by atoms with van der Waals surface area (Å²) in [5.41, 5.74) is 1.68. The highest BCUT2D eigenvalue weighted by molar-refractivity contribution is 6.32. The summed E-state index contributed by atoms with van der Waals surface area (Å²) in [6, 6.07) is 0. The molecule has 0 N–H and O–H groups in total. The van der Waals surface area contributed by atoms with Gasteiger partial charge in [0.25, 0.3) is 0 Å². The molecule has 4 nitrogen and oxygen atoms in total. The number of carbonyl (C=O) groups is 1. The van der Waals surface area contributed by atoms with Crippen LogP contribution in [0.2, 0.25) is 5.02 Å². The number of ketones is 1. The van der Waals surface area contributed by atoms with E-state index >= 15 is 0 Å². The summed E-state index contributed by atoms with van der Waals surface area (Å²) in [7, 11) is 1.83. The normalized spacial score (nSPS) is 19.4. The van der Waals surface area contributed by atoms with Crippen LogP contribution in [0.25, 0.3) is 0 Å². The molecule has 0 radical (unpaired) electrons. The summed E-state index contributed by atoms with van der Waals surface area (Å²) in [4.78, 5) is 12.0. The number of aromatic nitrogens is 2. The monoisotopic (exact) mass is 270 g/mol. The molecule has 1 unspecified atom stereocenters. The van der Waals surface area contributed by atoms with Gasteiger partial charge in [0.05, 0.1) is 22.5 Å². The van der Waals surface area contributed by atoms with E-state index < -0.39 is 0 Å². The van der Waals surface area contributed by atoms with Crippen LogP contribution in [0.5, 0.6) is 0 Å². The van der Waals surface area contributed by atoms with E-state index in [0.717, 1.165) is 37.3 Å². The third-order valence-corrected chi connectivity index (χ3v) is 3.78. The smallest absolute Gasteiger partial charge is 0.141 e. The van der Waals surface area contributed by atoms with Crippen LogP contribution >= 0.6 is 11.6 Å². The summed E-state index contributed by atoms with van der Waals surface area (Å²) in [6.07, 6.45) is 3.78. The molecule has 1 aromatic rings. The molecule has 5 heteroatoms. The zero-order valence-electron chi connectivity index (χ0n) is 10.9. The topological polar surface area (TPSA) is 44.1 Å². The van der Waals surface area contributed by atoms with Gasteiger partial charge in [-0.3, -0.25) is 9.48 Å². The Morgan fingerprint density at radius 2 is 2.39 bits per heavy atom. The minimum atomic E-state index is 0.107. The Kier molecular flexibility index (Phi) is 4.40. The molecule has 0 aliphatic carbocycles. The number of hydrogen-bond donors (Lipinski definition) is 0. The Balaban J connectivity index is 1.99. The number of ether oxygens (including phenoxy) is 1. The molecule has 0 aromatic carbocycles. The van der Waals surface area contributed by atoms with Gasteiger partial charge in [-0.15, -0.1) is 0 Å². The van der Waals surface area contributed by atoms with Crippen LogP contribution in [0.1, 0.15) is 37.6 Å². The third-order valence-electron chi connectivity index (χ3n) is 3.35. The molecule has 2 rings (SSSR count).